The Bertz CT molecular complexity index is 2910. The van der Waals surface area contributed by atoms with Crippen molar-refractivity contribution in [1.29, 1.82) is 0 Å². The van der Waals surface area contributed by atoms with Gasteiger partial charge in [0, 0.05) is 47.3 Å². The minimum Gasteiger partial charge on any atom is -0.478 e. The number of hydrogen-bond donors (Lipinski definition) is 7. The van der Waals surface area contributed by atoms with Crippen molar-refractivity contribution in [2.45, 2.75) is 101 Å². The van der Waals surface area contributed by atoms with Gasteiger partial charge in [-0.05, 0) is 178 Å². The standard InChI is InChI=1S/C31H35ClN4O2.C24H21ClN2O3.C7H16N2/c1-36-18-6-9-25(36)16-17-33-30(37)23-14-15-24(28(32)19-23)20-34-31(38)35-29-26-10-4-2-7-21(26)12-13-22-8-3-5-11-27(22)29;25-21-13-17(23(28)29)11-12-18(21)14-26-24(30)27-22-19-7-3-1-5-15(19)9-10-16-6-2-4-8-20(16)22;1-9-6-2-3-7(9)4-5-8/h2-5,7-8,10-11,14-15,19,25,29H,6,9,12-13,16-18,20H2,1H3,(H,33,37)(H2,34,35,38);1-8,11-13,22H,9-10,14H2,(H,28,29)(H2,26,27,30);7H,2-6,8H2,1H3. The second-order valence-electron chi connectivity index (χ2n) is 20.4. The van der Waals surface area contributed by atoms with Gasteiger partial charge in [0.05, 0.1) is 17.6 Å². The molecule has 8 N–H and O–H groups in total. The molecule has 10 rings (SSSR count). The highest BCUT2D eigenvalue weighted by Gasteiger charge is 2.27. The van der Waals surface area contributed by atoms with E-state index in [2.05, 4.69) is 99.0 Å². The molecular weight excluding hydrogens is 1010 g/mol. The van der Waals surface area contributed by atoms with Crippen molar-refractivity contribution in [2.24, 2.45) is 5.73 Å². The topological polar surface area (TPSA) is 181 Å². The molecule has 404 valence electrons. The molecule has 2 atom stereocenters. The first-order valence-corrected chi connectivity index (χ1v) is 27.7. The number of rotatable bonds is 13. The Morgan fingerprint density at radius 1 is 0.545 bits per heavy atom. The number of carbonyl (C=O) groups is 4. The van der Waals surface area contributed by atoms with Gasteiger partial charge in [-0.3, -0.25) is 4.79 Å². The van der Waals surface area contributed by atoms with Crippen molar-refractivity contribution in [2.75, 3.05) is 40.3 Å². The molecule has 13 nitrogen and oxygen atoms in total. The number of hydrogen-bond acceptors (Lipinski definition) is 7. The fourth-order valence-electron chi connectivity index (χ4n) is 11.1. The number of aromatic carboxylic acids is 1. The van der Waals surface area contributed by atoms with Gasteiger partial charge in [0.1, 0.15) is 0 Å². The van der Waals surface area contributed by atoms with Gasteiger partial charge >= 0.3 is 18.0 Å². The van der Waals surface area contributed by atoms with Crippen molar-refractivity contribution >= 4 is 47.1 Å². The normalized spacial score (nSPS) is 17.0. The third-order valence-electron chi connectivity index (χ3n) is 15.4. The molecule has 2 aliphatic carbocycles. The smallest absolute Gasteiger partial charge is 0.335 e. The zero-order chi connectivity index (χ0) is 54.3. The number of nitrogens with zero attached hydrogens (tertiary/aromatic N) is 2. The van der Waals surface area contributed by atoms with Crippen molar-refractivity contribution < 1.29 is 24.3 Å². The summed E-state index contributed by atoms with van der Waals surface area (Å²) in [5.74, 6) is -1.17. The molecule has 2 saturated heterocycles. The van der Waals surface area contributed by atoms with Crippen LogP contribution >= 0.6 is 23.2 Å². The summed E-state index contributed by atoms with van der Waals surface area (Å²) in [6, 6.07) is 42.9. The first-order chi connectivity index (χ1) is 37.4. The van der Waals surface area contributed by atoms with E-state index in [0.29, 0.717) is 33.8 Å². The molecule has 4 aliphatic rings. The Kier molecular flexibility index (Phi) is 20.2. The molecule has 0 bridgehead atoms. The predicted octanol–water partition coefficient (Wildman–Crippen LogP) is 10.4. The number of carboxylic acid groups (broad SMARTS) is 1. The van der Waals surface area contributed by atoms with E-state index in [1.54, 1.807) is 24.3 Å². The minimum atomic E-state index is -1.04. The summed E-state index contributed by atoms with van der Waals surface area (Å²) >= 11 is 12.7. The number of amides is 5. The molecule has 0 aromatic heterocycles. The molecule has 6 aromatic rings. The fraction of sp³-hybridized carbons (Fsp3) is 0.355. The van der Waals surface area contributed by atoms with Gasteiger partial charge in [-0.1, -0.05) is 132 Å². The molecule has 2 unspecified atom stereocenters. The van der Waals surface area contributed by atoms with E-state index >= 15 is 0 Å². The third-order valence-corrected chi connectivity index (χ3v) is 16.1. The summed E-state index contributed by atoms with van der Waals surface area (Å²) < 4.78 is 0. The molecule has 2 aliphatic heterocycles. The predicted molar refractivity (Wildman–Crippen MR) is 307 cm³/mol. The number of urea groups is 2. The Morgan fingerprint density at radius 3 is 1.31 bits per heavy atom. The van der Waals surface area contributed by atoms with Crippen molar-refractivity contribution in [3.05, 3.63) is 210 Å². The number of benzene rings is 6. The highest BCUT2D eigenvalue weighted by molar-refractivity contribution is 6.32. The van der Waals surface area contributed by atoms with E-state index in [1.165, 1.54) is 73.0 Å². The number of carboxylic acids is 1. The lowest BCUT2D eigenvalue weighted by Crippen LogP contribution is -2.38. The lowest BCUT2D eigenvalue weighted by molar-refractivity contribution is 0.0696. The second kappa shape index (κ2) is 27.5. The number of aryl methyl sites for hydroxylation is 4. The molecule has 0 saturated carbocycles. The van der Waals surface area contributed by atoms with Gasteiger partial charge in [-0.25, -0.2) is 14.4 Å². The van der Waals surface area contributed by atoms with Crippen LogP contribution in [-0.4, -0.2) is 91.2 Å². The fourth-order valence-corrected chi connectivity index (χ4v) is 11.6. The Balaban J connectivity index is 0.000000178. The number of halogens is 2. The quantitative estimate of drug-likeness (QED) is 0.0597. The van der Waals surface area contributed by atoms with Crippen molar-refractivity contribution in [3.63, 3.8) is 0 Å². The molecule has 0 radical (unpaired) electrons. The van der Waals surface area contributed by atoms with Gasteiger partial charge in [0.15, 0.2) is 0 Å². The van der Waals surface area contributed by atoms with E-state index in [9.17, 15) is 19.2 Å². The average molecular weight is 1080 g/mol. The second-order valence-corrected chi connectivity index (χ2v) is 21.2. The summed E-state index contributed by atoms with van der Waals surface area (Å²) in [5.41, 5.74) is 16.9. The number of nitrogens with one attached hydrogen (secondary N) is 5. The van der Waals surface area contributed by atoms with E-state index in [4.69, 9.17) is 34.0 Å². The Hall–Kier alpha value is -6.74. The lowest BCUT2D eigenvalue weighted by atomic mass is 9.95. The zero-order valence-electron chi connectivity index (χ0n) is 44.1. The van der Waals surface area contributed by atoms with E-state index < -0.39 is 5.97 Å². The van der Waals surface area contributed by atoms with Crippen LogP contribution in [0.2, 0.25) is 10.0 Å². The summed E-state index contributed by atoms with van der Waals surface area (Å²) in [6.07, 6.45) is 11.0. The van der Waals surface area contributed by atoms with Gasteiger partial charge < -0.3 is 47.2 Å². The number of carbonyl (C=O) groups excluding carboxylic acids is 3. The van der Waals surface area contributed by atoms with Gasteiger partial charge in [-0.15, -0.1) is 0 Å². The molecule has 0 spiro atoms. The minimum absolute atomic E-state index is 0.111. The van der Waals surface area contributed by atoms with Crippen molar-refractivity contribution in [1.82, 2.24) is 36.4 Å². The monoisotopic (exact) mass is 1080 g/mol. The van der Waals surface area contributed by atoms with Crippen LogP contribution in [0.25, 0.3) is 0 Å². The molecule has 2 fully saturated rings. The molecule has 77 heavy (non-hydrogen) atoms. The average Bonchev–Trinajstić information content (AvgIpc) is 3.97. The third kappa shape index (κ3) is 15.1. The lowest BCUT2D eigenvalue weighted by Gasteiger charge is -2.22. The van der Waals surface area contributed by atoms with Crippen LogP contribution in [0.15, 0.2) is 133 Å². The van der Waals surface area contributed by atoms with E-state index in [0.717, 1.165) is 79.1 Å². The molecular formula is C62H72Cl2N8O5. The summed E-state index contributed by atoms with van der Waals surface area (Å²) in [7, 11) is 4.33. The van der Waals surface area contributed by atoms with Crippen LogP contribution in [0.3, 0.4) is 0 Å². The number of nitrogens with two attached hydrogens (primary N) is 1. The van der Waals surface area contributed by atoms with Crippen LogP contribution in [0.1, 0.15) is 127 Å². The van der Waals surface area contributed by atoms with E-state index in [-0.39, 0.29) is 48.7 Å². The summed E-state index contributed by atoms with van der Waals surface area (Å²) in [5, 5.41) is 24.9. The highest BCUT2D eigenvalue weighted by Crippen LogP contribution is 2.34. The summed E-state index contributed by atoms with van der Waals surface area (Å²) in [6.45, 7) is 4.34. The van der Waals surface area contributed by atoms with Gasteiger partial charge in [-0.2, -0.15) is 0 Å². The highest BCUT2D eigenvalue weighted by atomic mass is 35.5. The van der Waals surface area contributed by atoms with Gasteiger partial charge in [0.2, 0.25) is 0 Å². The van der Waals surface area contributed by atoms with Gasteiger partial charge in [0.25, 0.3) is 5.91 Å². The zero-order valence-corrected chi connectivity index (χ0v) is 45.6. The Morgan fingerprint density at radius 2 is 0.935 bits per heavy atom. The van der Waals surface area contributed by atoms with Crippen LogP contribution in [0.5, 0.6) is 0 Å². The maximum Gasteiger partial charge on any atom is 0.335 e. The molecule has 6 aromatic carbocycles. The molecule has 2 heterocycles. The first kappa shape index (κ1) is 56.5. The van der Waals surface area contributed by atoms with Crippen LogP contribution in [0, 0.1) is 0 Å². The molecule has 15 heteroatoms. The van der Waals surface area contributed by atoms with Crippen molar-refractivity contribution in [3.8, 4) is 0 Å². The SMILES string of the molecule is CN1CCCC1CCN.CN1CCCC1CCNC(=O)c1ccc(CNC(=O)NC2c3ccccc3CCc3ccccc32)c(Cl)c1.O=C(NCc1ccc(C(=O)O)cc1Cl)NC1c2ccccc2CCc2ccccc21. The van der Waals surface area contributed by atoms with Crippen LogP contribution in [-0.2, 0) is 38.8 Å². The number of likely N-dealkylation sites (tertiary alicyclic amines) is 2. The number of fused-ring (bicyclic) bond motifs is 4. The van der Waals surface area contributed by atoms with E-state index in [1.807, 2.05) is 48.5 Å². The largest absolute Gasteiger partial charge is 0.478 e. The first-order valence-electron chi connectivity index (χ1n) is 27.0. The van der Waals surface area contributed by atoms with Crippen LogP contribution in [0.4, 0.5) is 9.59 Å². The maximum atomic E-state index is 13.0. The summed E-state index contributed by atoms with van der Waals surface area (Å²) in [4.78, 5) is 54.2. The van der Waals surface area contributed by atoms with Crippen LogP contribution < -0.4 is 32.3 Å². The Labute approximate surface area is 463 Å². The maximum absolute atomic E-state index is 13.0. The molecule has 5 amide bonds.